The van der Waals surface area contributed by atoms with Crippen LogP contribution in [0.2, 0.25) is 0 Å². The second kappa shape index (κ2) is 13.7. The SMILES string of the molecule is CC(C)(C)OC(=O)NC(=S)NCCCCCNC(=O)C=C(N)C(=O)OCc1ccc2c(c1)-c1ccccc1C2. The van der Waals surface area contributed by atoms with E-state index in [0.717, 1.165) is 42.9 Å². The number of benzene rings is 2. The second-order valence-corrected chi connectivity index (χ2v) is 10.6. The van der Waals surface area contributed by atoms with E-state index in [1.807, 2.05) is 24.3 Å². The molecule has 0 unspecified atom stereocenters. The van der Waals surface area contributed by atoms with Crippen LogP contribution in [0.4, 0.5) is 4.79 Å². The summed E-state index contributed by atoms with van der Waals surface area (Å²) in [7, 11) is 0. The van der Waals surface area contributed by atoms with E-state index in [-0.39, 0.29) is 17.4 Å². The van der Waals surface area contributed by atoms with E-state index in [4.69, 9.17) is 27.4 Å². The molecule has 0 atom stereocenters. The largest absolute Gasteiger partial charge is 0.456 e. The van der Waals surface area contributed by atoms with Crippen molar-refractivity contribution in [2.24, 2.45) is 5.73 Å². The number of nitrogens with two attached hydrogens (primary N) is 1. The molecule has 2 aromatic rings. The predicted molar refractivity (Wildman–Crippen MR) is 154 cm³/mol. The lowest BCUT2D eigenvalue weighted by Crippen LogP contribution is -2.42. The van der Waals surface area contributed by atoms with Crippen molar-refractivity contribution in [2.75, 3.05) is 13.1 Å². The minimum Gasteiger partial charge on any atom is -0.456 e. The average Bonchev–Trinajstić information content (AvgIpc) is 3.23. The molecule has 39 heavy (non-hydrogen) atoms. The highest BCUT2D eigenvalue weighted by Crippen LogP contribution is 2.36. The molecule has 9 nitrogen and oxygen atoms in total. The van der Waals surface area contributed by atoms with Crippen molar-refractivity contribution < 1.29 is 23.9 Å². The zero-order valence-electron chi connectivity index (χ0n) is 22.6. The summed E-state index contributed by atoms with van der Waals surface area (Å²) in [6, 6.07) is 14.3. The fourth-order valence-corrected chi connectivity index (χ4v) is 4.21. The van der Waals surface area contributed by atoms with Gasteiger partial charge in [0.1, 0.15) is 17.9 Å². The normalized spacial score (nSPS) is 12.1. The molecule has 0 saturated carbocycles. The number of amides is 2. The molecule has 2 aromatic carbocycles. The predicted octanol–water partition coefficient (Wildman–Crippen LogP) is 3.83. The van der Waals surface area contributed by atoms with E-state index >= 15 is 0 Å². The summed E-state index contributed by atoms with van der Waals surface area (Å²) in [5.41, 5.74) is 10.7. The summed E-state index contributed by atoms with van der Waals surface area (Å²) in [5, 5.41) is 8.30. The number of thiocarbonyl (C=S) groups is 1. The van der Waals surface area contributed by atoms with Gasteiger partial charge in [-0.25, -0.2) is 9.59 Å². The third-order valence-corrected chi connectivity index (χ3v) is 6.05. The van der Waals surface area contributed by atoms with Crippen LogP contribution >= 0.6 is 12.2 Å². The first-order valence-corrected chi connectivity index (χ1v) is 13.3. The molecule has 208 valence electrons. The Balaban J connectivity index is 1.30. The first-order valence-electron chi connectivity index (χ1n) is 12.9. The van der Waals surface area contributed by atoms with E-state index in [2.05, 4.69) is 34.1 Å². The minimum absolute atomic E-state index is 0.0647. The molecule has 0 aromatic heterocycles. The molecule has 0 spiro atoms. The quantitative estimate of drug-likeness (QED) is 0.129. The van der Waals surface area contributed by atoms with Crippen molar-refractivity contribution in [3.63, 3.8) is 0 Å². The first-order chi connectivity index (χ1) is 18.5. The van der Waals surface area contributed by atoms with Gasteiger partial charge in [-0.15, -0.1) is 0 Å². The number of unbranched alkanes of at least 4 members (excludes halogenated alkanes) is 2. The third-order valence-electron chi connectivity index (χ3n) is 5.81. The second-order valence-electron chi connectivity index (χ2n) is 10.2. The van der Waals surface area contributed by atoms with Crippen LogP contribution in [0.25, 0.3) is 11.1 Å². The minimum atomic E-state index is -0.743. The topological polar surface area (TPSA) is 132 Å². The number of hydrogen-bond donors (Lipinski definition) is 4. The monoisotopic (exact) mass is 552 g/mol. The van der Waals surface area contributed by atoms with Crippen LogP contribution in [0.5, 0.6) is 0 Å². The molecule has 0 saturated heterocycles. The van der Waals surface area contributed by atoms with Gasteiger partial charge < -0.3 is 25.8 Å². The van der Waals surface area contributed by atoms with E-state index in [1.54, 1.807) is 20.8 Å². The van der Waals surface area contributed by atoms with Gasteiger partial charge in [0.2, 0.25) is 5.91 Å². The van der Waals surface area contributed by atoms with Gasteiger partial charge in [-0.05, 0) is 92.6 Å². The number of ether oxygens (including phenoxy) is 2. The van der Waals surface area contributed by atoms with Crippen molar-refractivity contribution in [1.29, 1.82) is 0 Å². The number of rotatable bonds is 10. The molecule has 0 fully saturated rings. The molecule has 0 radical (unpaired) electrons. The lowest BCUT2D eigenvalue weighted by Gasteiger charge is -2.20. The lowest BCUT2D eigenvalue weighted by atomic mass is 10.0. The van der Waals surface area contributed by atoms with E-state index in [1.165, 1.54) is 16.7 Å². The lowest BCUT2D eigenvalue weighted by molar-refractivity contribution is -0.140. The molecule has 1 aliphatic rings. The average molecular weight is 553 g/mol. The maximum absolute atomic E-state index is 12.3. The van der Waals surface area contributed by atoms with E-state index < -0.39 is 23.6 Å². The highest BCUT2D eigenvalue weighted by Gasteiger charge is 2.19. The summed E-state index contributed by atoms with van der Waals surface area (Å²) in [4.78, 5) is 36.0. The first kappa shape index (κ1) is 29.6. The van der Waals surface area contributed by atoms with E-state index in [9.17, 15) is 14.4 Å². The van der Waals surface area contributed by atoms with Crippen LogP contribution in [0.15, 0.2) is 54.2 Å². The van der Waals surface area contributed by atoms with Crippen LogP contribution in [0, 0.1) is 0 Å². The van der Waals surface area contributed by atoms with Crippen LogP contribution < -0.4 is 21.7 Å². The molecule has 10 heteroatoms. The number of fused-ring (bicyclic) bond motifs is 3. The van der Waals surface area contributed by atoms with E-state index in [0.29, 0.717) is 13.1 Å². The zero-order valence-corrected chi connectivity index (χ0v) is 23.4. The van der Waals surface area contributed by atoms with Crippen LogP contribution in [-0.4, -0.2) is 41.8 Å². The van der Waals surface area contributed by atoms with Crippen molar-refractivity contribution in [1.82, 2.24) is 16.0 Å². The van der Waals surface area contributed by atoms with Gasteiger partial charge >= 0.3 is 12.1 Å². The van der Waals surface area contributed by atoms with Crippen molar-refractivity contribution >= 4 is 35.3 Å². The molecule has 0 bridgehead atoms. The Morgan fingerprint density at radius 1 is 0.974 bits per heavy atom. The number of esters is 1. The van der Waals surface area contributed by atoms with Crippen LogP contribution in [0.1, 0.15) is 56.7 Å². The number of hydrogen-bond acceptors (Lipinski definition) is 7. The Morgan fingerprint density at radius 2 is 1.67 bits per heavy atom. The number of carbonyl (C=O) groups is 3. The Kier molecular flexibility index (Phi) is 10.4. The maximum Gasteiger partial charge on any atom is 0.413 e. The molecule has 0 aliphatic heterocycles. The molecule has 3 rings (SSSR count). The van der Waals surface area contributed by atoms with Gasteiger partial charge in [-0.3, -0.25) is 10.1 Å². The van der Waals surface area contributed by atoms with Crippen molar-refractivity contribution in [3.05, 3.63) is 70.9 Å². The Bertz CT molecular complexity index is 1250. The zero-order chi connectivity index (χ0) is 28.4. The van der Waals surface area contributed by atoms with Gasteiger partial charge in [0, 0.05) is 19.2 Å². The summed E-state index contributed by atoms with van der Waals surface area (Å²) in [6.45, 7) is 6.37. The highest BCUT2D eigenvalue weighted by atomic mass is 32.1. The van der Waals surface area contributed by atoms with Gasteiger partial charge in [0.25, 0.3) is 0 Å². The highest BCUT2D eigenvalue weighted by molar-refractivity contribution is 7.80. The van der Waals surface area contributed by atoms with Crippen molar-refractivity contribution in [3.8, 4) is 11.1 Å². The smallest absolute Gasteiger partial charge is 0.413 e. The molecular formula is C29H36N4O5S. The maximum atomic E-state index is 12.3. The molecule has 0 heterocycles. The van der Waals surface area contributed by atoms with Gasteiger partial charge in [0.15, 0.2) is 5.11 Å². The van der Waals surface area contributed by atoms with Gasteiger partial charge in [-0.1, -0.05) is 36.4 Å². The number of carbonyl (C=O) groups excluding carboxylic acids is 3. The van der Waals surface area contributed by atoms with Gasteiger partial charge in [0.05, 0.1) is 0 Å². The molecule has 1 aliphatic carbocycles. The summed E-state index contributed by atoms with van der Waals surface area (Å²) < 4.78 is 10.4. The molecule has 2 amide bonds. The van der Waals surface area contributed by atoms with Crippen LogP contribution in [0.3, 0.4) is 0 Å². The van der Waals surface area contributed by atoms with Crippen molar-refractivity contribution in [2.45, 2.75) is 58.7 Å². The number of alkyl carbamates (subject to hydrolysis) is 1. The number of nitrogens with one attached hydrogen (secondary N) is 3. The van der Waals surface area contributed by atoms with Crippen LogP contribution in [-0.2, 0) is 32.1 Å². The third kappa shape index (κ3) is 9.72. The fraction of sp³-hybridized carbons (Fsp3) is 0.379. The van der Waals surface area contributed by atoms with Gasteiger partial charge in [-0.2, -0.15) is 0 Å². The Morgan fingerprint density at radius 3 is 2.41 bits per heavy atom. The summed E-state index contributed by atoms with van der Waals surface area (Å²) in [6.07, 6.45) is 3.66. The standard InChI is InChI=1S/C29H36N4O5S/c1-29(2,3)38-28(36)33-27(39)32-14-8-4-7-13-31-25(34)17-24(30)26(35)37-18-19-11-12-21-16-20-9-5-6-10-22(20)23(21)15-19/h5-6,9-12,15,17H,4,7-8,13-14,16,18,30H2,1-3H3,(H,31,34)(H2,32,33,36,39). The Hall–Kier alpha value is -3.92. The summed E-state index contributed by atoms with van der Waals surface area (Å²) >= 11 is 5.06. The molecule has 5 N–H and O–H groups in total. The fourth-order valence-electron chi connectivity index (χ4n) is 4.02. The summed E-state index contributed by atoms with van der Waals surface area (Å²) in [5.74, 6) is -1.20. The molecular weight excluding hydrogens is 516 g/mol. The Labute approximate surface area is 234 Å².